The van der Waals surface area contributed by atoms with Crippen molar-refractivity contribution < 1.29 is 9.18 Å². The molecule has 1 amide bonds. The van der Waals surface area contributed by atoms with E-state index in [4.69, 9.17) is 5.73 Å². The van der Waals surface area contributed by atoms with Crippen molar-refractivity contribution in [3.8, 4) is 11.8 Å². The molecule has 0 radical (unpaired) electrons. The molecule has 0 atom stereocenters. The first-order chi connectivity index (χ1) is 15.4. The molecular formula is C21H20FN9O. The van der Waals surface area contributed by atoms with Crippen LogP contribution in [0.4, 0.5) is 10.2 Å². The first kappa shape index (κ1) is 20.9. The summed E-state index contributed by atoms with van der Waals surface area (Å²) in [5.41, 5.74) is 9.01. The van der Waals surface area contributed by atoms with E-state index < -0.39 is 5.91 Å². The van der Waals surface area contributed by atoms with Crippen LogP contribution in [0.1, 0.15) is 39.7 Å². The number of halogens is 1. The molecular weight excluding hydrogens is 413 g/mol. The molecule has 0 saturated carbocycles. The lowest BCUT2D eigenvalue weighted by Gasteiger charge is -2.03. The van der Waals surface area contributed by atoms with E-state index in [0.29, 0.717) is 36.5 Å². The molecule has 32 heavy (non-hydrogen) atoms. The zero-order chi connectivity index (χ0) is 22.8. The molecule has 3 heterocycles. The van der Waals surface area contributed by atoms with Crippen molar-refractivity contribution >= 4 is 17.5 Å². The van der Waals surface area contributed by atoms with E-state index in [0.717, 1.165) is 11.4 Å². The molecule has 0 aliphatic carbocycles. The van der Waals surface area contributed by atoms with Gasteiger partial charge >= 0.3 is 0 Å². The van der Waals surface area contributed by atoms with Gasteiger partial charge in [0.05, 0.1) is 11.4 Å². The van der Waals surface area contributed by atoms with Gasteiger partial charge in [0.1, 0.15) is 23.3 Å². The molecule has 3 aromatic heterocycles. The van der Waals surface area contributed by atoms with Gasteiger partial charge in [0.2, 0.25) is 5.82 Å². The van der Waals surface area contributed by atoms with E-state index in [-0.39, 0.29) is 23.0 Å². The molecule has 4 rings (SSSR count). The summed E-state index contributed by atoms with van der Waals surface area (Å²) >= 11 is 0. The number of carbonyl (C=O) groups is 1. The van der Waals surface area contributed by atoms with Crippen LogP contribution in [0.15, 0.2) is 30.3 Å². The first-order valence-electron chi connectivity index (χ1n) is 9.90. The second-order valence-corrected chi connectivity index (χ2v) is 7.25. The van der Waals surface area contributed by atoms with Gasteiger partial charge in [0.25, 0.3) is 11.7 Å². The summed E-state index contributed by atoms with van der Waals surface area (Å²) in [5.74, 6) is -0.200. The fourth-order valence-electron chi connectivity index (χ4n) is 3.35. The molecule has 0 unspecified atom stereocenters. The van der Waals surface area contributed by atoms with Crippen molar-refractivity contribution in [2.75, 3.05) is 12.3 Å². The highest BCUT2D eigenvalue weighted by Crippen LogP contribution is 2.21. The summed E-state index contributed by atoms with van der Waals surface area (Å²) in [6.07, 6.45) is 0.935. The number of aryl methyl sites for hydroxylation is 3. The zero-order valence-corrected chi connectivity index (χ0v) is 17.5. The van der Waals surface area contributed by atoms with E-state index in [1.165, 1.54) is 33.5 Å². The number of anilines is 1. The lowest BCUT2D eigenvalue weighted by molar-refractivity contribution is 0.0943. The Morgan fingerprint density at radius 2 is 1.97 bits per heavy atom. The average molecular weight is 433 g/mol. The Hall–Kier alpha value is -4.33. The summed E-state index contributed by atoms with van der Waals surface area (Å²) in [4.78, 5) is 20.9. The SMILES string of the molecule is Cc1cc(C)n2nc(C(=O)NCCCc3nn(-c4ccc(F)cc4)c(N)c3C#N)nc2n1. The second-order valence-electron chi connectivity index (χ2n) is 7.25. The molecule has 0 spiro atoms. The van der Waals surface area contributed by atoms with Crippen molar-refractivity contribution in [1.29, 1.82) is 5.26 Å². The second kappa shape index (κ2) is 8.43. The van der Waals surface area contributed by atoms with E-state index in [2.05, 4.69) is 31.6 Å². The smallest absolute Gasteiger partial charge is 0.291 e. The highest BCUT2D eigenvalue weighted by molar-refractivity contribution is 5.90. The highest BCUT2D eigenvalue weighted by Gasteiger charge is 2.18. The molecule has 0 aliphatic rings. The minimum atomic E-state index is -0.413. The number of nitrogen functional groups attached to an aromatic ring is 1. The predicted octanol–water partition coefficient (Wildman–Crippen LogP) is 1.88. The topological polar surface area (TPSA) is 140 Å². The molecule has 0 saturated heterocycles. The maximum absolute atomic E-state index is 13.2. The van der Waals surface area contributed by atoms with Crippen molar-refractivity contribution in [3.63, 3.8) is 0 Å². The first-order valence-corrected chi connectivity index (χ1v) is 9.90. The number of fused-ring (bicyclic) bond motifs is 1. The normalized spacial score (nSPS) is 10.9. The van der Waals surface area contributed by atoms with Gasteiger partial charge in [-0.1, -0.05) is 0 Å². The fraction of sp³-hybridized carbons (Fsp3) is 0.238. The average Bonchev–Trinajstić information content (AvgIpc) is 3.33. The number of hydrogen-bond acceptors (Lipinski definition) is 7. The fourth-order valence-corrected chi connectivity index (χ4v) is 3.35. The summed E-state index contributed by atoms with van der Waals surface area (Å²) < 4.78 is 16.1. The quantitative estimate of drug-likeness (QED) is 0.442. The molecule has 3 N–H and O–H groups in total. The Morgan fingerprint density at radius 1 is 1.22 bits per heavy atom. The number of rotatable bonds is 6. The number of amides is 1. The van der Waals surface area contributed by atoms with Crippen LogP contribution in [0.5, 0.6) is 0 Å². The number of aromatic nitrogens is 6. The number of nitrogens with two attached hydrogens (primary N) is 1. The summed E-state index contributed by atoms with van der Waals surface area (Å²) in [5, 5.41) is 20.8. The lowest BCUT2D eigenvalue weighted by atomic mass is 10.1. The molecule has 4 aromatic rings. The van der Waals surface area contributed by atoms with Crippen LogP contribution in [0.2, 0.25) is 0 Å². The lowest BCUT2D eigenvalue weighted by Crippen LogP contribution is -2.26. The van der Waals surface area contributed by atoms with Crippen molar-refractivity contribution in [3.05, 3.63) is 64.6 Å². The maximum atomic E-state index is 13.2. The zero-order valence-electron chi connectivity index (χ0n) is 17.5. The summed E-state index contributed by atoms with van der Waals surface area (Å²) in [7, 11) is 0. The van der Waals surface area contributed by atoms with Gasteiger partial charge in [0.15, 0.2) is 0 Å². The van der Waals surface area contributed by atoms with Crippen LogP contribution in [-0.4, -0.2) is 41.8 Å². The van der Waals surface area contributed by atoms with Gasteiger partial charge in [0, 0.05) is 17.9 Å². The van der Waals surface area contributed by atoms with Gasteiger partial charge in [-0.25, -0.2) is 18.6 Å². The number of hydrogen-bond donors (Lipinski definition) is 2. The third-order valence-electron chi connectivity index (χ3n) is 4.87. The Morgan fingerprint density at radius 3 is 2.69 bits per heavy atom. The molecule has 162 valence electrons. The van der Waals surface area contributed by atoms with Gasteiger partial charge in [-0.3, -0.25) is 4.79 Å². The highest BCUT2D eigenvalue weighted by atomic mass is 19.1. The number of nitrogens with zero attached hydrogens (tertiary/aromatic N) is 7. The molecule has 0 aliphatic heterocycles. The van der Waals surface area contributed by atoms with Crippen LogP contribution < -0.4 is 11.1 Å². The van der Waals surface area contributed by atoms with Crippen LogP contribution >= 0.6 is 0 Å². The standard InChI is InChI=1S/C21H20FN9O/c1-12-10-13(2)30-21(26-12)27-19(29-30)20(32)25-9-3-4-17-16(11-23)18(24)31(28-17)15-7-5-14(22)6-8-15/h5-8,10H,3-4,9,24H2,1-2H3,(H,25,32). The molecule has 11 heteroatoms. The van der Waals surface area contributed by atoms with Gasteiger partial charge in [-0.2, -0.15) is 15.3 Å². The molecule has 0 fully saturated rings. The largest absolute Gasteiger partial charge is 0.382 e. The predicted molar refractivity (Wildman–Crippen MR) is 114 cm³/mol. The number of nitrogens with one attached hydrogen (secondary N) is 1. The minimum absolute atomic E-state index is 0.0359. The third-order valence-corrected chi connectivity index (χ3v) is 4.87. The van der Waals surface area contributed by atoms with Crippen molar-refractivity contribution in [1.82, 2.24) is 34.7 Å². The molecule has 0 bridgehead atoms. The Bertz CT molecular complexity index is 1350. The van der Waals surface area contributed by atoms with E-state index >= 15 is 0 Å². The van der Waals surface area contributed by atoms with Crippen LogP contribution in [0.3, 0.4) is 0 Å². The van der Waals surface area contributed by atoms with Gasteiger partial charge in [-0.05, 0) is 57.0 Å². The van der Waals surface area contributed by atoms with Gasteiger partial charge < -0.3 is 11.1 Å². The number of carbonyl (C=O) groups excluding carboxylic acids is 1. The Labute approximate surface area is 182 Å². The van der Waals surface area contributed by atoms with Crippen molar-refractivity contribution in [2.24, 2.45) is 0 Å². The van der Waals surface area contributed by atoms with Crippen LogP contribution in [0, 0.1) is 31.0 Å². The van der Waals surface area contributed by atoms with Crippen LogP contribution in [0.25, 0.3) is 11.5 Å². The molecule has 10 nitrogen and oxygen atoms in total. The van der Waals surface area contributed by atoms with E-state index in [9.17, 15) is 14.4 Å². The Kier molecular flexibility index (Phi) is 5.51. The molecule has 1 aromatic carbocycles. The summed E-state index contributed by atoms with van der Waals surface area (Å²) in [6, 6.07) is 9.57. The summed E-state index contributed by atoms with van der Waals surface area (Å²) in [6.45, 7) is 4.04. The van der Waals surface area contributed by atoms with E-state index in [1.54, 1.807) is 0 Å². The maximum Gasteiger partial charge on any atom is 0.291 e. The number of benzene rings is 1. The van der Waals surface area contributed by atoms with Crippen molar-refractivity contribution in [2.45, 2.75) is 26.7 Å². The number of nitriles is 1. The minimum Gasteiger partial charge on any atom is -0.382 e. The monoisotopic (exact) mass is 433 g/mol. The third kappa shape index (κ3) is 3.98. The Balaban J connectivity index is 1.41. The van der Waals surface area contributed by atoms with Gasteiger partial charge in [-0.15, -0.1) is 5.10 Å². The van der Waals surface area contributed by atoms with Crippen LogP contribution in [-0.2, 0) is 6.42 Å². The van der Waals surface area contributed by atoms with E-state index in [1.807, 2.05) is 19.9 Å².